The second-order valence-corrected chi connectivity index (χ2v) is 6.00. The molecule has 9 heteroatoms. The fourth-order valence-electron chi connectivity index (χ4n) is 2.97. The van der Waals surface area contributed by atoms with E-state index in [1.165, 1.54) is 0 Å². The van der Waals surface area contributed by atoms with Gasteiger partial charge in [0.05, 0.1) is 12.0 Å². The van der Waals surface area contributed by atoms with Crippen molar-refractivity contribution in [1.82, 2.24) is 19.9 Å². The number of halogens is 2. The summed E-state index contributed by atoms with van der Waals surface area (Å²) in [5, 5.41) is 3.80. The molecule has 0 unspecified atom stereocenters. The Bertz CT molecular complexity index is 492. The molecular formula is C15H29Cl2N5O2. The number of hydrogen-bond acceptors (Lipinski definition) is 6. The van der Waals surface area contributed by atoms with E-state index in [9.17, 15) is 4.79 Å². The standard InChI is InChI=1S/C15H27N5O2.2ClH/c1-4-15(5-2,11-16)14(21)20-8-6-19(7-9-20)10-13-17-12(3)18-22-13;;/h4-11,16H2,1-3H3;2*1H. The van der Waals surface area contributed by atoms with E-state index in [1.54, 1.807) is 0 Å². The van der Waals surface area contributed by atoms with E-state index in [0.29, 0.717) is 24.8 Å². The molecule has 2 N–H and O–H groups in total. The predicted octanol–water partition coefficient (Wildman–Crippen LogP) is 1.63. The minimum Gasteiger partial charge on any atom is -0.340 e. The first-order valence-electron chi connectivity index (χ1n) is 8.05. The summed E-state index contributed by atoms with van der Waals surface area (Å²) < 4.78 is 5.15. The number of carbonyl (C=O) groups is 1. The van der Waals surface area contributed by atoms with Crippen molar-refractivity contribution in [1.29, 1.82) is 0 Å². The van der Waals surface area contributed by atoms with Gasteiger partial charge in [0.15, 0.2) is 5.82 Å². The molecule has 1 aliphatic rings. The molecule has 24 heavy (non-hydrogen) atoms. The highest BCUT2D eigenvalue weighted by atomic mass is 35.5. The number of aryl methyl sites for hydroxylation is 1. The van der Waals surface area contributed by atoms with Crippen LogP contribution in [0.25, 0.3) is 0 Å². The number of nitrogens with zero attached hydrogens (tertiary/aromatic N) is 4. The maximum absolute atomic E-state index is 12.8. The average Bonchev–Trinajstić information content (AvgIpc) is 2.95. The second kappa shape index (κ2) is 10.2. The highest BCUT2D eigenvalue weighted by molar-refractivity contribution is 5.85. The van der Waals surface area contributed by atoms with E-state index in [1.807, 2.05) is 25.7 Å². The van der Waals surface area contributed by atoms with Crippen molar-refractivity contribution in [2.24, 2.45) is 11.1 Å². The summed E-state index contributed by atoms with van der Waals surface area (Å²) in [5.74, 6) is 1.49. The molecule has 0 aliphatic carbocycles. The van der Waals surface area contributed by atoms with Crippen LogP contribution in [0, 0.1) is 12.3 Å². The Hall–Kier alpha value is -0.890. The number of amides is 1. The third-order valence-electron chi connectivity index (χ3n) is 4.79. The minimum atomic E-state index is -0.397. The fourth-order valence-corrected chi connectivity index (χ4v) is 2.97. The average molecular weight is 382 g/mol. The summed E-state index contributed by atoms with van der Waals surface area (Å²) in [6.07, 6.45) is 1.58. The second-order valence-electron chi connectivity index (χ2n) is 6.00. The number of piperazine rings is 1. The van der Waals surface area contributed by atoms with Crippen LogP contribution in [0.1, 0.15) is 38.4 Å². The van der Waals surface area contributed by atoms with E-state index in [0.717, 1.165) is 39.0 Å². The molecule has 1 amide bonds. The van der Waals surface area contributed by atoms with Crippen LogP contribution in [0.3, 0.4) is 0 Å². The van der Waals surface area contributed by atoms with E-state index >= 15 is 0 Å². The Kier molecular flexibility index (Phi) is 9.80. The van der Waals surface area contributed by atoms with E-state index in [4.69, 9.17) is 10.3 Å². The molecule has 1 fully saturated rings. The first-order chi connectivity index (χ1) is 10.5. The van der Waals surface area contributed by atoms with Crippen LogP contribution in [0.4, 0.5) is 0 Å². The van der Waals surface area contributed by atoms with Gasteiger partial charge in [-0.1, -0.05) is 19.0 Å². The SMILES string of the molecule is CCC(CC)(CN)C(=O)N1CCN(Cc2nc(C)no2)CC1.Cl.Cl. The van der Waals surface area contributed by atoms with Crippen molar-refractivity contribution in [3.8, 4) is 0 Å². The molecule has 0 atom stereocenters. The lowest BCUT2D eigenvalue weighted by molar-refractivity contribution is -0.144. The van der Waals surface area contributed by atoms with Crippen LogP contribution in [0.15, 0.2) is 4.52 Å². The molecule has 2 rings (SSSR count). The Morgan fingerprint density at radius 1 is 1.21 bits per heavy atom. The highest BCUT2D eigenvalue weighted by Crippen LogP contribution is 2.28. The van der Waals surface area contributed by atoms with Gasteiger partial charge in [-0.2, -0.15) is 4.98 Å². The molecule has 0 aromatic carbocycles. The molecule has 0 bridgehead atoms. The van der Waals surface area contributed by atoms with Crippen LogP contribution in [-0.4, -0.2) is 58.6 Å². The molecule has 1 aromatic heterocycles. The molecule has 1 aliphatic heterocycles. The lowest BCUT2D eigenvalue weighted by atomic mass is 9.81. The molecule has 1 aromatic rings. The summed E-state index contributed by atoms with van der Waals surface area (Å²) in [4.78, 5) is 21.2. The van der Waals surface area contributed by atoms with E-state index in [-0.39, 0.29) is 30.7 Å². The zero-order valence-electron chi connectivity index (χ0n) is 14.7. The Morgan fingerprint density at radius 3 is 2.21 bits per heavy atom. The van der Waals surface area contributed by atoms with Crippen LogP contribution in [0.5, 0.6) is 0 Å². The zero-order valence-corrected chi connectivity index (χ0v) is 16.3. The first kappa shape index (κ1) is 23.1. The van der Waals surface area contributed by atoms with Gasteiger partial charge in [0.1, 0.15) is 0 Å². The first-order valence-corrected chi connectivity index (χ1v) is 8.05. The van der Waals surface area contributed by atoms with Gasteiger partial charge in [0.25, 0.3) is 0 Å². The molecule has 0 spiro atoms. The van der Waals surface area contributed by atoms with Crippen LogP contribution in [0.2, 0.25) is 0 Å². The predicted molar refractivity (Wildman–Crippen MR) is 97.5 cm³/mol. The zero-order chi connectivity index (χ0) is 16.2. The van der Waals surface area contributed by atoms with Gasteiger partial charge in [-0.15, -0.1) is 24.8 Å². The van der Waals surface area contributed by atoms with E-state index in [2.05, 4.69) is 15.0 Å². The maximum atomic E-state index is 12.8. The number of hydrogen-bond donors (Lipinski definition) is 1. The van der Waals surface area contributed by atoms with Crippen LogP contribution in [-0.2, 0) is 11.3 Å². The molecule has 0 saturated carbocycles. The van der Waals surface area contributed by atoms with Gasteiger partial charge in [0, 0.05) is 32.7 Å². The lowest BCUT2D eigenvalue weighted by Gasteiger charge is -2.40. The Labute approximate surface area is 156 Å². The molecule has 1 saturated heterocycles. The molecule has 140 valence electrons. The lowest BCUT2D eigenvalue weighted by Crippen LogP contribution is -2.54. The van der Waals surface area contributed by atoms with Gasteiger partial charge in [-0.05, 0) is 19.8 Å². The fraction of sp³-hybridized carbons (Fsp3) is 0.800. The Morgan fingerprint density at radius 2 is 1.79 bits per heavy atom. The summed E-state index contributed by atoms with van der Waals surface area (Å²) in [7, 11) is 0. The van der Waals surface area contributed by atoms with Crippen molar-refractivity contribution in [3.63, 3.8) is 0 Å². The molecule has 7 nitrogen and oxygen atoms in total. The monoisotopic (exact) mass is 381 g/mol. The number of aromatic nitrogens is 2. The number of nitrogens with two attached hydrogens (primary N) is 1. The molecule has 2 heterocycles. The third kappa shape index (κ3) is 5.05. The quantitative estimate of drug-likeness (QED) is 0.805. The largest absolute Gasteiger partial charge is 0.340 e. The van der Waals surface area contributed by atoms with Gasteiger partial charge in [-0.3, -0.25) is 9.69 Å². The smallest absolute Gasteiger partial charge is 0.240 e. The molecule has 0 radical (unpaired) electrons. The third-order valence-corrected chi connectivity index (χ3v) is 4.79. The Balaban J connectivity index is 0.00000264. The maximum Gasteiger partial charge on any atom is 0.240 e. The number of rotatable bonds is 6. The molecular weight excluding hydrogens is 353 g/mol. The van der Waals surface area contributed by atoms with Crippen molar-refractivity contribution < 1.29 is 9.32 Å². The summed E-state index contributed by atoms with van der Waals surface area (Å²) in [6, 6.07) is 0. The van der Waals surface area contributed by atoms with E-state index < -0.39 is 5.41 Å². The van der Waals surface area contributed by atoms with Crippen molar-refractivity contribution >= 4 is 30.7 Å². The number of carbonyl (C=O) groups excluding carboxylic acids is 1. The summed E-state index contributed by atoms with van der Waals surface area (Å²) in [6.45, 7) is 10.1. The normalized spacial score (nSPS) is 15.6. The van der Waals surface area contributed by atoms with Crippen molar-refractivity contribution in [3.05, 3.63) is 11.7 Å². The van der Waals surface area contributed by atoms with Gasteiger partial charge >= 0.3 is 0 Å². The van der Waals surface area contributed by atoms with Gasteiger partial charge in [-0.25, -0.2) is 0 Å². The van der Waals surface area contributed by atoms with Gasteiger partial charge in [0.2, 0.25) is 11.8 Å². The minimum absolute atomic E-state index is 0. The highest BCUT2D eigenvalue weighted by Gasteiger charge is 2.37. The summed E-state index contributed by atoms with van der Waals surface area (Å²) >= 11 is 0. The van der Waals surface area contributed by atoms with Crippen molar-refractivity contribution in [2.45, 2.75) is 40.2 Å². The van der Waals surface area contributed by atoms with Crippen molar-refractivity contribution in [2.75, 3.05) is 32.7 Å². The summed E-state index contributed by atoms with van der Waals surface area (Å²) in [5.41, 5.74) is 5.49. The topological polar surface area (TPSA) is 88.5 Å². The van der Waals surface area contributed by atoms with Crippen LogP contribution >= 0.6 is 24.8 Å². The van der Waals surface area contributed by atoms with Gasteiger partial charge < -0.3 is 15.2 Å². The van der Waals surface area contributed by atoms with Crippen LogP contribution < -0.4 is 5.73 Å².